The lowest BCUT2D eigenvalue weighted by Crippen LogP contribution is -2.65. The molecule has 1 N–H and O–H groups in total. The zero-order valence-corrected chi connectivity index (χ0v) is 13.9. The first-order valence-corrected chi connectivity index (χ1v) is 8.29. The number of carbonyl (C=O) groups excluding carboxylic acids is 2. The van der Waals surface area contributed by atoms with Gasteiger partial charge in [-0.15, -0.1) is 0 Å². The van der Waals surface area contributed by atoms with E-state index in [9.17, 15) is 9.59 Å². The number of nitrogens with zero attached hydrogens (tertiary/aromatic N) is 3. The predicted octanol–water partition coefficient (Wildman–Crippen LogP) is 0.812. The van der Waals surface area contributed by atoms with E-state index < -0.39 is 5.54 Å². The number of piperazine rings is 1. The van der Waals surface area contributed by atoms with E-state index in [4.69, 9.17) is 5.26 Å². The molecule has 6 heteroatoms. The minimum absolute atomic E-state index is 0.0101. The second kappa shape index (κ2) is 6.62. The smallest absolute Gasteiger partial charge is 0.242 e. The number of benzene rings is 1. The number of aryl methyl sites for hydroxylation is 1. The van der Waals surface area contributed by atoms with Gasteiger partial charge in [-0.25, -0.2) is 0 Å². The molecule has 2 saturated heterocycles. The summed E-state index contributed by atoms with van der Waals surface area (Å²) >= 11 is 0. The number of nitriles is 1. The maximum absolute atomic E-state index is 12.6. The minimum Gasteiger partial charge on any atom is -0.354 e. The quantitative estimate of drug-likeness (QED) is 0.892. The molecule has 0 radical (unpaired) electrons. The number of rotatable bonds is 3. The van der Waals surface area contributed by atoms with Gasteiger partial charge >= 0.3 is 0 Å². The second-order valence-electron chi connectivity index (χ2n) is 6.59. The molecule has 1 spiro atoms. The normalized spacial score (nSPS) is 24.0. The van der Waals surface area contributed by atoms with E-state index in [1.807, 2.05) is 6.07 Å². The second-order valence-corrected chi connectivity index (χ2v) is 6.59. The summed E-state index contributed by atoms with van der Waals surface area (Å²) in [5, 5.41) is 11.7. The SMILES string of the molecule is Cc1ccc(CN2CCN(C(=O)CC#N)CC23CCNC3=O)cc1. The van der Waals surface area contributed by atoms with Crippen LogP contribution in [0.1, 0.15) is 24.0 Å². The lowest BCUT2D eigenvalue weighted by molar-refractivity contribution is -0.143. The summed E-state index contributed by atoms with van der Waals surface area (Å²) in [7, 11) is 0. The van der Waals surface area contributed by atoms with Crippen molar-refractivity contribution in [1.29, 1.82) is 5.26 Å². The summed E-state index contributed by atoms with van der Waals surface area (Å²) in [6.45, 7) is 4.93. The first kappa shape index (κ1) is 16.5. The molecule has 3 rings (SSSR count). The Hall–Kier alpha value is -2.39. The van der Waals surface area contributed by atoms with Crippen molar-refractivity contribution in [2.24, 2.45) is 0 Å². The molecule has 0 aliphatic carbocycles. The molecule has 2 heterocycles. The molecule has 2 fully saturated rings. The van der Waals surface area contributed by atoms with Gasteiger partial charge in [0.1, 0.15) is 12.0 Å². The van der Waals surface area contributed by atoms with Crippen LogP contribution in [0.4, 0.5) is 0 Å². The fourth-order valence-electron chi connectivity index (χ4n) is 3.60. The van der Waals surface area contributed by atoms with E-state index in [1.54, 1.807) is 4.90 Å². The van der Waals surface area contributed by atoms with Crippen molar-refractivity contribution in [3.05, 3.63) is 35.4 Å². The molecule has 1 atom stereocenters. The summed E-state index contributed by atoms with van der Waals surface area (Å²) in [6.07, 6.45) is 0.559. The molecule has 1 aromatic rings. The number of hydrogen-bond donors (Lipinski definition) is 1. The first-order valence-electron chi connectivity index (χ1n) is 8.29. The number of hydrogen-bond acceptors (Lipinski definition) is 4. The highest BCUT2D eigenvalue weighted by atomic mass is 16.2. The molecule has 2 aliphatic heterocycles. The highest BCUT2D eigenvalue weighted by Crippen LogP contribution is 2.31. The maximum atomic E-state index is 12.6. The molecule has 1 unspecified atom stereocenters. The minimum atomic E-state index is -0.672. The van der Waals surface area contributed by atoms with E-state index in [2.05, 4.69) is 41.4 Å². The standard InChI is InChI=1S/C18H22N4O2/c1-14-2-4-15(5-3-14)12-22-11-10-21(16(23)6-8-19)13-18(22)7-9-20-17(18)24/h2-5H,6-7,9-13H2,1H3,(H,20,24). The van der Waals surface area contributed by atoms with Crippen LogP contribution in [-0.4, -0.2) is 53.3 Å². The molecule has 6 nitrogen and oxygen atoms in total. The van der Waals surface area contributed by atoms with Gasteiger partial charge in [-0.2, -0.15) is 5.26 Å². The third-order valence-electron chi connectivity index (χ3n) is 5.02. The van der Waals surface area contributed by atoms with E-state index in [0.29, 0.717) is 39.1 Å². The largest absolute Gasteiger partial charge is 0.354 e. The monoisotopic (exact) mass is 326 g/mol. The van der Waals surface area contributed by atoms with Crippen LogP contribution in [-0.2, 0) is 16.1 Å². The van der Waals surface area contributed by atoms with Crippen molar-refractivity contribution in [2.75, 3.05) is 26.2 Å². The van der Waals surface area contributed by atoms with Crippen molar-refractivity contribution in [3.63, 3.8) is 0 Å². The van der Waals surface area contributed by atoms with E-state index in [-0.39, 0.29) is 18.2 Å². The Morgan fingerprint density at radius 3 is 2.71 bits per heavy atom. The summed E-state index contributed by atoms with van der Waals surface area (Å²) in [5.41, 5.74) is 1.70. The van der Waals surface area contributed by atoms with Crippen molar-refractivity contribution in [1.82, 2.24) is 15.1 Å². The molecule has 1 aromatic carbocycles. The van der Waals surface area contributed by atoms with Gasteiger partial charge in [0.15, 0.2) is 0 Å². The Kier molecular flexibility index (Phi) is 4.54. The van der Waals surface area contributed by atoms with Gasteiger partial charge in [-0.1, -0.05) is 29.8 Å². The van der Waals surface area contributed by atoms with E-state index in [1.165, 1.54) is 5.56 Å². The highest BCUT2D eigenvalue weighted by Gasteiger charge is 2.51. The Morgan fingerprint density at radius 1 is 1.33 bits per heavy atom. The molecule has 2 aliphatic rings. The average Bonchev–Trinajstić information content (AvgIpc) is 2.93. The van der Waals surface area contributed by atoms with Crippen LogP contribution in [0.5, 0.6) is 0 Å². The summed E-state index contributed by atoms with van der Waals surface area (Å²) in [5.74, 6) is -0.198. The lowest BCUT2D eigenvalue weighted by Gasteiger charge is -2.47. The van der Waals surface area contributed by atoms with Crippen molar-refractivity contribution in [3.8, 4) is 6.07 Å². The van der Waals surface area contributed by atoms with Crippen LogP contribution in [0.25, 0.3) is 0 Å². The molecule has 126 valence electrons. The molecule has 0 bridgehead atoms. The average molecular weight is 326 g/mol. The summed E-state index contributed by atoms with van der Waals surface area (Å²) < 4.78 is 0. The first-order chi connectivity index (χ1) is 11.5. The van der Waals surface area contributed by atoms with Gasteiger partial charge in [0.25, 0.3) is 0 Å². The Morgan fingerprint density at radius 2 is 2.08 bits per heavy atom. The van der Waals surface area contributed by atoms with Gasteiger partial charge in [-0.05, 0) is 18.9 Å². The third-order valence-corrected chi connectivity index (χ3v) is 5.02. The zero-order valence-electron chi connectivity index (χ0n) is 13.9. The van der Waals surface area contributed by atoms with Crippen molar-refractivity contribution < 1.29 is 9.59 Å². The number of amides is 2. The fourth-order valence-corrected chi connectivity index (χ4v) is 3.60. The fraction of sp³-hybridized carbons (Fsp3) is 0.500. The van der Waals surface area contributed by atoms with Crippen LogP contribution in [0, 0.1) is 18.3 Å². The molecular formula is C18H22N4O2. The summed E-state index contributed by atoms with van der Waals surface area (Å²) in [6, 6.07) is 10.2. The van der Waals surface area contributed by atoms with Gasteiger partial charge in [0.05, 0.1) is 6.07 Å². The molecule has 0 saturated carbocycles. The zero-order chi connectivity index (χ0) is 17.2. The third kappa shape index (κ3) is 3.00. The van der Waals surface area contributed by atoms with Crippen LogP contribution in [0.3, 0.4) is 0 Å². The predicted molar refractivity (Wildman–Crippen MR) is 88.8 cm³/mol. The van der Waals surface area contributed by atoms with E-state index in [0.717, 1.165) is 5.56 Å². The molecular weight excluding hydrogens is 304 g/mol. The topological polar surface area (TPSA) is 76.4 Å². The van der Waals surface area contributed by atoms with Crippen molar-refractivity contribution >= 4 is 11.8 Å². The van der Waals surface area contributed by atoms with Crippen LogP contribution < -0.4 is 5.32 Å². The van der Waals surface area contributed by atoms with E-state index >= 15 is 0 Å². The Labute approximate surface area is 142 Å². The van der Waals surface area contributed by atoms with Gasteiger partial charge in [0.2, 0.25) is 11.8 Å². The Bertz CT molecular complexity index is 679. The van der Waals surface area contributed by atoms with Crippen LogP contribution >= 0.6 is 0 Å². The number of carbonyl (C=O) groups is 2. The van der Waals surface area contributed by atoms with Crippen molar-refractivity contribution in [2.45, 2.75) is 31.8 Å². The molecule has 24 heavy (non-hydrogen) atoms. The molecule has 2 amide bonds. The van der Waals surface area contributed by atoms with Gasteiger partial charge in [0, 0.05) is 32.7 Å². The van der Waals surface area contributed by atoms with Gasteiger partial charge in [-0.3, -0.25) is 14.5 Å². The van der Waals surface area contributed by atoms with Crippen LogP contribution in [0.15, 0.2) is 24.3 Å². The number of nitrogens with one attached hydrogen (secondary N) is 1. The molecule has 0 aromatic heterocycles. The summed E-state index contributed by atoms with van der Waals surface area (Å²) in [4.78, 5) is 28.5. The lowest BCUT2D eigenvalue weighted by atomic mass is 9.90. The highest BCUT2D eigenvalue weighted by molar-refractivity contribution is 5.90. The Balaban J connectivity index is 1.81. The maximum Gasteiger partial charge on any atom is 0.242 e. The van der Waals surface area contributed by atoms with Crippen LogP contribution in [0.2, 0.25) is 0 Å². The van der Waals surface area contributed by atoms with Gasteiger partial charge < -0.3 is 10.2 Å².